The van der Waals surface area contributed by atoms with Crippen molar-refractivity contribution in [1.29, 1.82) is 0 Å². The van der Waals surface area contributed by atoms with E-state index in [-0.39, 0.29) is 5.92 Å². The van der Waals surface area contributed by atoms with Crippen LogP contribution in [0.5, 0.6) is 0 Å². The Hall–Kier alpha value is -0.210. The molecule has 1 aliphatic heterocycles. The number of ether oxygens (including phenoxy) is 1. The van der Waals surface area contributed by atoms with Gasteiger partial charge in [-0.2, -0.15) is 0 Å². The predicted molar refractivity (Wildman–Crippen MR) is 63.6 cm³/mol. The number of hydrogen-bond acceptors (Lipinski definition) is 4. The third-order valence-electron chi connectivity index (χ3n) is 2.30. The smallest absolute Gasteiger partial charge is 0.176 e. The maximum atomic E-state index is 11.5. The van der Waals surface area contributed by atoms with Gasteiger partial charge in [-0.1, -0.05) is 0 Å². The first-order chi connectivity index (χ1) is 7.00. The van der Waals surface area contributed by atoms with E-state index in [9.17, 15) is 8.42 Å². The van der Waals surface area contributed by atoms with Crippen LogP contribution >= 0.6 is 22.6 Å². The third kappa shape index (κ3) is 2.16. The first kappa shape index (κ1) is 11.3. The van der Waals surface area contributed by atoms with Crippen LogP contribution in [0.25, 0.3) is 0 Å². The molecule has 0 aliphatic carbocycles. The molecule has 0 amide bonds. The van der Waals surface area contributed by atoms with Gasteiger partial charge in [0.05, 0.1) is 27.4 Å². The quantitative estimate of drug-likeness (QED) is 0.760. The van der Waals surface area contributed by atoms with Crippen LogP contribution in [0.1, 0.15) is 11.6 Å². The number of hydrogen-bond donors (Lipinski definition) is 0. The predicted octanol–water partition coefficient (Wildman–Crippen LogP) is 1.20. The largest absolute Gasteiger partial charge is 0.380 e. The molecular weight excluding hydrogens is 329 g/mol. The average Bonchev–Trinajstić information content (AvgIpc) is 2.03. The Labute approximate surface area is 102 Å². The molecule has 2 rings (SSSR count). The fourth-order valence-corrected chi connectivity index (χ4v) is 4.10. The maximum Gasteiger partial charge on any atom is 0.176 e. The van der Waals surface area contributed by atoms with E-state index in [0.717, 1.165) is 9.26 Å². The Morgan fingerprint density at radius 1 is 1.53 bits per heavy atom. The molecule has 1 aliphatic rings. The highest BCUT2D eigenvalue weighted by atomic mass is 127. The molecule has 1 aromatic heterocycles. The van der Waals surface area contributed by atoms with Crippen LogP contribution in [0.4, 0.5) is 0 Å². The number of halogens is 1. The van der Waals surface area contributed by atoms with Gasteiger partial charge in [-0.15, -0.1) is 0 Å². The molecule has 1 fully saturated rings. The molecular formula is C9H10INO3S. The molecule has 0 radical (unpaired) electrons. The van der Waals surface area contributed by atoms with Gasteiger partial charge in [0.1, 0.15) is 0 Å². The average molecular weight is 339 g/mol. The molecule has 0 bridgehead atoms. The van der Waals surface area contributed by atoms with E-state index in [0.29, 0.717) is 18.1 Å². The summed E-state index contributed by atoms with van der Waals surface area (Å²) in [6, 6.07) is 1.54. The summed E-state index contributed by atoms with van der Waals surface area (Å²) in [5, 5.41) is 0. The molecule has 0 aromatic carbocycles. The second kappa shape index (κ2) is 3.99. The molecule has 2 heterocycles. The van der Waals surface area contributed by atoms with Gasteiger partial charge in [0, 0.05) is 18.4 Å². The van der Waals surface area contributed by atoms with Crippen molar-refractivity contribution < 1.29 is 13.2 Å². The summed E-state index contributed by atoms with van der Waals surface area (Å²) in [6.07, 6.45) is 2.76. The van der Waals surface area contributed by atoms with Crippen LogP contribution in [0, 0.1) is 3.57 Å². The zero-order valence-electron chi connectivity index (χ0n) is 8.10. The highest BCUT2D eigenvalue weighted by Gasteiger charge is 2.26. The van der Waals surface area contributed by atoms with Crippen molar-refractivity contribution in [3.63, 3.8) is 0 Å². The Morgan fingerprint density at radius 2 is 2.20 bits per heavy atom. The topological polar surface area (TPSA) is 56.3 Å². The van der Waals surface area contributed by atoms with Gasteiger partial charge < -0.3 is 4.74 Å². The minimum atomic E-state index is -3.16. The summed E-state index contributed by atoms with van der Waals surface area (Å²) >= 11 is 2.04. The lowest BCUT2D eigenvalue weighted by atomic mass is 10.0. The van der Waals surface area contributed by atoms with Crippen molar-refractivity contribution in [2.45, 2.75) is 10.8 Å². The number of rotatable bonds is 2. The van der Waals surface area contributed by atoms with E-state index < -0.39 is 9.84 Å². The summed E-state index contributed by atoms with van der Waals surface area (Å²) in [5.74, 6) is 0.249. The molecule has 15 heavy (non-hydrogen) atoms. The maximum absolute atomic E-state index is 11.5. The molecule has 0 N–H and O–H groups in total. The van der Waals surface area contributed by atoms with E-state index in [2.05, 4.69) is 4.98 Å². The van der Waals surface area contributed by atoms with E-state index in [1.807, 2.05) is 22.6 Å². The van der Waals surface area contributed by atoms with E-state index in [1.165, 1.54) is 6.26 Å². The van der Waals surface area contributed by atoms with E-state index in [1.54, 1.807) is 12.3 Å². The van der Waals surface area contributed by atoms with Crippen LogP contribution < -0.4 is 0 Å². The van der Waals surface area contributed by atoms with Gasteiger partial charge in [0.25, 0.3) is 0 Å². The summed E-state index contributed by atoms with van der Waals surface area (Å²) in [5.41, 5.74) is 0.838. The molecule has 1 saturated heterocycles. The van der Waals surface area contributed by atoms with Gasteiger partial charge in [0.15, 0.2) is 9.84 Å². The van der Waals surface area contributed by atoms with Crippen LogP contribution in [0.2, 0.25) is 0 Å². The van der Waals surface area contributed by atoms with Crippen molar-refractivity contribution in [2.24, 2.45) is 0 Å². The first-order valence-corrected chi connectivity index (χ1v) is 7.39. The summed E-state index contributed by atoms with van der Waals surface area (Å²) in [6.45, 7) is 1.27. The lowest BCUT2D eigenvalue weighted by Gasteiger charge is -2.26. The van der Waals surface area contributed by atoms with Crippen molar-refractivity contribution in [1.82, 2.24) is 4.98 Å². The zero-order valence-corrected chi connectivity index (χ0v) is 11.1. The number of aromatic nitrogens is 1. The molecule has 0 atom stereocenters. The first-order valence-electron chi connectivity index (χ1n) is 4.42. The molecule has 1 aromatic rings. The Balaban J connectivity index is 2.50. The highest BCUT2D eigenvalue weighted by molar-refractivity contribution is 14.1. The van der Waals surface area contributed by atoms with Crippen molar-refractivity contribution >= 4 is 32.4 Å². The number of sulfone groups is 1. The Bertz CT molecular complexity index is 482. The summed E-state index contributed by atoms with van der Waals surface area (Å²) < 4.78 is 28.7. The standard InChI is InChI=1S/C9H10INO3S/c1-15(12,13)7-2-3-11-9(8(7)10)6-4-14-5-6/h2-3,6H,4-5H2,1H3. The van der Waals surface area contributed by atoms with Crippen LogP contribution in [0.3, 0.4) is 0 Å². The Kier molecular flexibility index (Phi) is 3.00. The van der Waals surface area contributed by atoms with Gasteiger partial charge in [-0.05, 0) is 28.7 Å². The highest BCUT2D eigenvalue weighted by Crippen LogP contribution is 2.29. The van der Waals surface area contributed by atoms with Gasteiger partial charge in [-0.25, -0.2) is 8.42 Å². The van der Waals surface area contributed by atoms with E-state index >= 15 is 0 Å². The van der Waals surface area contributed by atoms with Gasteiger partial charge >= 0.3 is 0 Å². The van der Waals surface area contributed by atoms with Gasteiger partial charge in [0.2, 0.25) is 0 Å². The second-order valence-corrected chi connectivity index (χ2v) is 6.58. The zero-order chi connectivity index (χ0) is 11.1. The number of pyridine rings is 1. The third-order valence-corrected chi connectivity index (χ3v) is 4.94. The molecule has 82 valence electrons. The minimum Gasteiger partial charge on any atom is -0.380 e. The summed E-state index contributed by atoms with van der Waals surface area (Å²) in [4.78, 5) is 4.58. The second-order valence-electron chi connectivity index (χ2n) is 3.51. The summed E-state index contributed by atoms with van der Waals surface area (Å²) in [7, 11) is -3.16. The van der Waals surface area contributed by atoms with Crippen LogP contribution in [-0.2, 0) is 14.6 Å². The van der Waals surface area contributed by atoms with Crippen LogP contribution in [-0.4, -0.2) is 32.9 Å². The fourth-order valence-electron chi connectivity index (χ4n) is 1.41. The van der Waals surface area contributed by atoms with Crippen LogP contribution in [0.15, 0.2) is 17.2 Å². The Morgan fingerprint density at radius 3 is 2.67 bits per heavy atom. The van der Waals surface area contributed by atoms with Gasteiger partial charge in [-0.3, -0.25) is 4.98 Å². The van der Waals surface area contributed by atoms with Crippen molar-refractivity contribution in [3.8, 4) is 0 Å². The lowest BCUT2D eigenvalue weighted by Crippen LogP contribution is -2.27. The lowest BCUT2D eigenvalue weighted by molar-refractivity contribution is 0.00624. The molecule has 4 nitrogen and oxygen atoms in total. The normalized spacial score (nSPS) is 17.5. The molecule has 0 unspecified atom stereocenters. The molecule has 0 spiro atoms. The fraction of sp³-hybridized carbons (Fsp3) is 0.444. The molecule has 6 heteroatoms. The SMILES string of the molecule is CS(=O)(=O)c1ccnc(C2COC2)c1I. The minimum absolute atomic E-state index is 0.249. The van der Waals surface area contributed by atoms with E-state index in [4.69, 9.17) is 4.74 Å². The molecule has 0 saturated carbocycles. The monoisotopic (exact) mass is 339 g/mol. The van der Waals surface area contributed by atoms with Crippen molar-refractivity contribution in [2.75, 3.05) is 19.5 Å². The van der Waals surface area contributed by atoms with Crippen molar-refractivity contribution in [3.05, 3.63) is 21.5 Å². The number of nitrogens with zero attached hydrogens (tertiary/aromatic N) is 1.